The highest BCUT2D eigenvalue weighted by Crippen LogP contribution is 2.22. The van der Waals surface area contributed by atoms with Gasteiger partial charge in [0.25, 0.3) is 0 Å². The topological polar surface area (TPSA) is 46.3 Å². The van der Waals surface area contributed by atoms with E-state index in [4.69, 9.17) is 5.73 Å². The Morgan fingerprint density at radius 1 is 1.39 bits per heavy atom. The van der Waals surface area contributed by atoms with Crippen molar-refractivity contribution in [2.75, 3.05) is 19.6 Å². The summed E-state index contributed by atoms with van der Waals surface area (Å²) in [5.74, 6) is 0.712. The molecule has 1 aliphatic heterocycles. The predicted molar refractivity (Wildman–Crippen MR) is 73.2 cm³/mol. The molecule has 0 bridgehead atoms. The molecule has 2 rings (SSSR count). The summed E-state index contributed by atoms with van der Waals surface area (Å²) in [4.78, 5) is 14.1. The Morgan fingerprint density at radius 2 is 2.11 bits per heavy atom. The number of hydrogen-bond acceptors (Lipinski definition) is 2. The van der Waals surface area contributed by atoms with Crippen LogP contribution in [-0.4, -0.2) is 30.4 Å². The van der Waals surface area contributed by atoms with Crippen molar-refractivity contribution < 1.29 is 4.79 Å². The molecule has 0 aromatic heterocycles. The van der Waals surface area contributed by atoms with Gasteiger partial charge in [-0.05, 0) is 18.4 Å². The molecule has 0 aliphatic carbocycles. The van der Waals surface area contributed by atoms with Crippen molar-refractivity contribution in [2.24, 2.45) is 11.7 Å². The molecule has 1 aromatic rings. The van der Waals surface area contributed by atoms with E-state index in [2.05, 4.69) is 12.1 Å². The highest BCUT2D eigenvalue weighted by atomic mass is 16.2. The summed E-state index contributed by atoms with van der Waals surface area (Å²) >= 11 is 0. The standard InChI is InChI=1S/C15H22N2O/c1-12-6-5-9-17(15(12)18)11-14(10-16)13-7-3-2-4-8-13/h2-4,7-8,12,14H,5-6,9-11,16H2,1H3. The molecule has 3 heteroatoms. The molecule has 1 saturated heterocycles. The highest BCUT2D eigenvalue weighted by molar-refractivity contribution is 5.79. The molecule has 2 unspecified atom stereocenters. The molecular weight excluding hydrogens is 224 g/mol. The quantitative estimate of drug-likeness (QED) is 0.883. The first-order chi connectivity index (χ1) is 8.72. The molecule has 0 radical (unpaired) electrons. The number of benzene rings is 1. The van der Waals surface area contributed by atoms with Gasteiger partial charge in [0.1, 0.15) is 0 Å². The van der Waals surface area contributed by atoms with Crippen LogP contribution in [0.1, 0.15) is 31.2 Å². The second-order valence-corrected chi connectivity index (χ2v) is 5.17. The second kappa shape index (κ2) is 6.01. The summed E-state index contributed by atoms with van der Waals surface area (Å²) in [5, 5.41) is 0. The Balaban J connectivity index is 2.04. The van der Waals surface area contributed by atoms with Crippen molar-refractivity contribution in [3.05, 3.63) is 35.9 Å². The van der Waals surface area contributed by atoms with Crippen LogP contribution in [0.4, 0.5) is 0 Å². The average Bonchev–Trinajstić information content (AvgIpc) is 2.41. The van der Waals surface area contributed by atoms with Crippen molar-refractivity contribution in [3.8, 4) is 0 Å². The molecule has 18 heavy (non-hydrogen) atoms. The Labute approximate surface area is 109 Å². The Hall–Kier alpha value is -1.35. The minimum atomic E-state index is 0.174. The molecule has 2 N–H and O–H groups in total. The zero-order valence-electron chi connectivity index (χ0n) is 11.0. The van der Waals surface area contributed by atoms with E-state index in [1.807, 2.05) is 30.0 Å². The molecule has 2 atom stereocenters. The minimum absolute atomic E-state index is 0.174. The normalized spacial score (nSPS) is 22.0. The van der Waals surface area contributed by atoms with Crippen molar-refractivity contribution in [1.82, 2.24) is 4.90 Å². The first kappa shape index (κ1) is 13.1. The van der Waals surface area contributed by atoms with Gasteiger partial charge in [-0.1, -0.05) is 37.3 Å². The van der Waals surface area contributed by atoms with Crippen LogP contribution in [0, 0.1) is 5.92 Å². The van der Waals surface area contributed by atoms with E-state index in [1.165, 1.54) is 5.56 Å². The minimum Gasteiger partial charge on any atom is -0.342 e. The van der Waals surface area contributed by atoms with Gasteiger partial charge in [-0.15, -0.1) is 0 Å². The molecule has 98 valence electrons. The van der Waals surface area contributed by atoms with Gasteiger partial charge in [0.05, 0.1) is 0 Å². The van der Waals surface area contributed by atoms with Crippen LogP contribution in [0.15, 0.2) is 30.3 Å². The molecule has 1 amide bonds. The Kier molecular flexibility index (Phi) is 4.37. The molecule has 0 spiro atoms. The first-order valence-corrected chi connectivity index (χ1v) is 6.76. The molecule has 1 heterocycles. The number of nitrogens with zero attached hydrogens (tertiary/aromatic N) is 1. The van der Waals surface area contributed by atoms with Crippen LogP contribution < -0.4 is 5.73 Å². The van der Waals surface area contributed by atoms with Crippen molar-refractivity contribution in [1.29, 1.82) is 0 Å². The Bertz CT molecular complexity index is 391. The van der Waals surface area contributed by atoms with E-state index in [0.717, 1.165) is 25.9 Å². The van der Waals surface area contributed by atoms with Gasteiger partial charge in [0.15, 0.2) is 0 Å². The van der Waals surface area contributed by atoms with E-state index < -0.39 is 0 Å². The fraction of sp³-hybridized carbons (Fsp3) is 0.533. The summed E-state index contributed by atoms with van der Waals surface area (Å²) in [7, 11) is 0. The average molecular weight is 246 g/mol. The third-order valence-electron chi connectivity index (χ3n) is 3.79. The van der Waals surface area contributed by atoms with Gasteiger partial charge in [-0.3, -0.25) is 4.79 Å². The van der Waals surface area contributed by atoms with Crippen LogP contribution in [-0.2, 0) is 4.79 Å². The highest BCUT2D eigenvalue weighted by Gasteiger charge is 2.26. The predicted octanol–water partition coefficient (Wildman–Crippen LogP) is 1.99. The SMILES string of the molecule is CC1CCCN(CC(CN)c2ccccc2)C1=O. The Morgan fingerprint density at radius 3 is 2.78 bits per heavy atom. The molecular formula is C15H22N2O. The van der Waals surface area contributed by atoms with Crippen LogP contribution in [0.25, 0.3) is 0 Å². The smallest absolute Gasteiger partial charge is 0.225 e. The van der Waals surface area contributed by atoms with Gasteiger partial charge in [-0.2, -0.15) is 0 Å². The molecule has 3 nitrogen and oxygen atoms in total. The van der Waals surface area contributed by atoms with Crippen molar-refractivity contribution >= 4 is 5.91 Å². The van der Waals surface area contributed by atoms with Gasteiger partial charge in [0.2, 0.25) is 5.91 Å². The summed E-state index contributed by atoms with van der Waals surface area (Å²) in [6, 6.07) is 10.2. The number of carbonyl (C=O) groups is 1. The maximum atomic E-state index is 12.1. The van der Waals surface area contributed by atoms with Crippen molar-refractivity contribution in [2.45, 2.75) is 25.7 Å². The molecule has 0 saturated carbocycles. The number of nitrogens with two attached hydrogens (primary N) is 1. The summed E-state index contributed by atoms with van der Waals surface area (Å²) in [6.45, 7) is 4.24. The maximum Gasteiger partial charge on any atom is 0.225 e. The zero-order chi connectivity index (χ0) is 13.0. The lowest BCUT2D eigenvalue weighted by atomic mass is 9.94. The van der Waals surface area contributed by atoms with Crippen LogP contribution in [0.2, 0.25) is 0 Å². The van der Waals surface area contributed by atoms with E-state index in [-0.39, 0.29) is 17.7 Å². The number of piperidine rings is 1. The maximum absolute atomic E-state index is 12.1. The van der Waals surface area contributed by atoms with E-state index in [1.54, 1.807) is 0 Å². The lowest BCUT2D eigenvalue weighted by Crippen LogP contribution is -2.43. The zero-order valence-corrected chi connectivity index (χ0v) is 11.0. The summed E-state index contributed by atoms with van der Waals surface area (Å²) in [5.41, 5.74) is 7.09. The second-order valence-electron chi connectivity index (χ2n) is 5.17. The van der Waals surface area contributed by atoms with Crippen LogP contribution in [0.3, 0.4) is 0 Å². The van der Waals surface area contributed by atoms with Gasteiger partial charge < -0.3 is 10.6 Å². The number of hydrogen-bond donors (Lipinski definition) is 1. The lowest BCUT2D eigenvalue weighted by Gasteiger charge is -2.33. The molecule has 1 fully saturated rings. The van der Waals surface area contributed by atoms with E-state index >= 15 is 0 Å². The number of rotatable bonds is 4. The van der Waals surface area contributed by atoms with Gasteiger partial charge >= 0.3 is 0 Å². The molecule has 1 aliphatic rings. The summed E-state index contributed by atoms with van der Waals surface area (Å²) < 4.78 is 0. The summed E-state index contributed by atoms with van der Waals surface area (Å²) in [6.07, 6.45) is 2.13. The monoisotopic (exact) mass is 246 g/mol. The van der Waals surface area contributed by atoms with Crippen molar-refractivity contribution in [3.63, 3.8) is 0 Å². The largest absolute Gasteiger partial charge is 0.342 e. The fourth-order valence-electron chi connectivity index (χ4n) is 2.62. The van der Waals surface area contributed by atoms with E-state index in [0.29, 0.717) is 6.54 Å². The number of amides is 1. The molecule has 1 aromatic carbocycles. The fourth-order valence-corrected chi connectivity index (χ4v) is 2.62. The lowest BCUT2D eigenvalue weighted by molar-refractivity contribution is -0.137. The number of likely N-dealkylation sites (tertiary alicyclic amines) is 1. The van der Waals surface area contributed by atoms with E-state index in [9.17, 15) is 4.79 Å². The first-order valence-electron chi connectivity index (χ1n) is 6.76. The van der Waals surface area contributed by atoms with Crippen LogP contribution >= 0.6 is 0 Å². The van der Waals surface area contributed by atoms with Crippen LogP contribution in [0.5, 0.6) is 0 Å². The van der Waals surface area contributed by atoms with Gasteiger partial charge in [0, 0.05) is 31.5 Å². The third kappa shape index (κ3) is 2.91. The number of carbonyl (C=O) groups excluding carboxylic acids is 1. The third-order valence-corrected chi connectivity index (χ3v) is 3.79. The van der Waals surface area contributed by atoms with Gasteiger partial charge in [-0.25, -0.2) is 0 Å².